The Kier molecular flexibility index (Phi) is 11.3. The Balaban J connectivity index is 2.07. The minimum Gasteiger partial charge on any atom is -0.354 e. The van der Waals surface area contributed by atoms with Crippen LogP contribution in [0.2, 0.25) is 15.1 Å². The zero-order valence-corrected chi connectivity index (χ0v) is 25.6. The molecule has 3 rings (SSSR count). The van der Waals surface area contributed by atoms with Gasteiger partial charge in [0.2, 0.25) is 21.8 Å². The number of carbonyl (C=O) groups excluding carboxylic acids is 2. The summed E-state index contributed by atoms with van der Waals surface area (Å²) in [6, 6.07) is 19.5. The number of amides is 2. The highest BCUT2D eigenvalue weighted by atomic mass is 35.5. The van der Waals surface area contributed by atoms with Crippen LogP contribution in [0.4, 0.5) is 5.69 Å². The van der Waals surface area contributed by atoms with E-state index in [0.717, 1.165) is 16.1 Å². The number of nitrogens with zero attached hydrogens (tertiary/aromatic N) is 2. The minimum absolute atomic E-state index is 0.0470. The highest BCUT2D eigenvalue weighted by molar-refractivity contribution is 7.92. The number of benzene rings is 3. The van der Waals surface area contributed by atoms with Gasteiger partial charge >= 0.3 is 0 Å². The van der Waals surface area contributed by atoms with E-state index in [9.17, 15) is 18.0 Å². The molecule has 0 bridgehead atoms. The largest absolute Gasteiger partial charge is 0.354 e. The van der Waals surface area contributed by atoms with Gasteiger partial charge in [-0.15, -0.1) is 0 Å². The van der Waals surface area contributed by atoms with Gasteiger partial charge < -0.3 is 10.2 Å². The van der Waals surface area contributed by atoms with Crippen LogP contribution in [0.5, 0.6) is 0 Å². The molecule has 3 aromatic carbocycles. The number of sulfonamides is 1. The second-order valence-corrected chi connectivity index (χ2v) is 13.0. The number of nitrogens with one attached hydrogen (secondary N) is 1. The summed E-state index contributed by atoms with van der Waals surface area (Å²) in [7, 11) is -3.89. The van der Waals surface area contributed by atoms with Crippen LogP contribution in [-0.2, 0) is 32.6 Å². The zero-order chi connectivity index (χ0) is 29.4. The van der Waals surface area contributed by atoms with E-state index >= 15 is 0 Å². The predicted molar refractivity (Wildman–Crippen MR) is 162 cm³/mol. The molecule has 0 radical (unpaired) electrons. The van der Waals surface area contributed by atoms with Crippen molar-refractivity contribution in [1.82, 2.24) is 10.2 Å². The molecule has 0 fully saturated rings. The van der Waals surface area contributed by atoms with E-state index in [2.05, 4.69) is 5.32 Å². The fourth-order valence-corrected chi connectivity index (χ4v) is 5.55. The number of hydrogen-bond acceptors (Lipinski definition) is 4. The Morgan fingerprint density at radius 1 is 0.900 bits per heavy atom. The highest BCUT2D eigenvalue weighted by Gasteiger charge is 2.33. The molecular weight excluding hydrogens is 593 g/mol. The molecule has 0 spiro atoms. The van der Waals surface area contributed by atoms with Crippen LogP contribution in [0.3, 0.4) is 0 Å². The van der Waals surface area contributed by atoms with Crippen molar-refractivity contribution in [2.75, 3.05) is 23.7 Å². The first-order valence-corrected chi connectivity index (χ1v) is 15.6. The quantitative estimate of drug-likeness (QED) is 0.275. The molecule has 0 heterocycles. The molecule has 0 saturated heterocycles. The highest BCUT2D eigenvalue weighted by Crippen LogP contribution is 2.26. The summed E-state index contributed by atoms with van der Waals surface area (Å²) in [4.78, 5) is 29.0. The lowest BCUT2D eigenvalue weighted by Gasteiger charge is -2.34. The van der Waals surface area contributed by atoms with Crippen LogP contribution >= 0.6 is 34.8 Å². The molecule has 3 aromatic rings. The van der Waals surface area contributed by atoms with Gasteiger partial charge in [-0.3, -0.25) is 13.9 Å². The van der Waals surface area contributed by atoms with Crippen LogP contribution < -0.4 is 9.62 Å². The third kappa shape index (κ3) is 9.13. The zero-order valence-electron chi connectivity index (χ0n) is 22.5. The van der Waals surface area contributed by atoms with Crippen LogP contribution in [0.1, 0.15) is 25.0 Å². The van der Waals surface area contributed by atoms with Crippen molar-refractivity contribution in [3.05, 3.63) is 99.0 Å². The van der Waals surface area contributed by atoms with Gasteiger partial charge in [0.05, 0.1) is 11.9 Å². The van der Waals surface area contributed by atoms with Crippen LogP contribution in [0.15, 0.2) is 72.8 Å². The summed E-state index contributed by atoms with van der Waals surface area (Å²) in [6.45, 7) is 3.75. The third-order valence-corrected chi connectivity index (χ3v) is 8.05. The van der Waals surface area contributed by atoms with E-state index in [-0.39, 0.29) is 30.5 Å². The monoisotopic (exact) mass is 623 g/mol. The summed E-state index contributed by atoms with van der Waals surface area (Å²) >= 11 is 18.7. The first-order chi connectivity index (χ1) is 18.8. The van der Waals surface area contributed by atoms with Gasteiger partial charge in [0.15, 0.2) is 0 Å². The van der Waals surface area contributed by atoms with Gasteiger partial charge in [-0.1, -0.05) is 91.1 Å². The summed E-state index contributed by atoms with van der Waals surface area (Å²) in [6.07, 6.45) is 1.22. The van der Waals surface area contributed by atoms with E-state index in [1.54, 1.807) is 36.4 Å². The molecular formula is C29H32Cl3N3O4S. The van der Waals surface area contributed by atoms with Gasteiger partial charge in [-0.2, -0.15) is 0 Å². The maximum atomic E-state index is 14.1. The second kappa shape index (κ2) is 14.2. The second-order valence-electron chi connectivity index (χ2n) is 9.85. The van der Waals surface area contributed by atoms with E-state index in [0.29, 0.717) is 27.2 Å². The van der Waals surface area contributed by atoms with Gasteiger partial charge in [0.1, 0.15) is 12.6 Å². The molecule has 0 aliphatic carbocycles. The van der Waals surface area contributed by atoms with Crippen molar-refractivity contribution in [1.29, 1.82) is 0 Å². The molecule has 1 atom stereocenters. The Labute approximate surface area is 251 Å². The number of carbonyl (C=O) groups is 2. The van der Waals surface area contributed by atoms with Crippen LogP contribution in [0, 0.1) is 5.92 Å². The fourth-order valence-electron chi connectivity index (χ4n) is 4.05. The van der Waals surface area contributed by atoms with E-state index < -0.39 is 28.5 Å². The number of rotatable bonds is 12. The minimum atomic E-state index is -3.89. The van der Waals surface area contributed by atoms with Gasteiger partial charge in [0.25, 0.3) is 0 Å². The average molecular weight is 625 g/mol. The van der Waals surface area contributed by atoms with Crippen molar-refractivity contribution >= 4 is 62.3 Å². The lowest BCUT2D eigenvalue weighted by molar-refractivity contribution is -0.140. The molecule has 1 N–H and O–H groups in total. The Morgan fingerprint density at radius 2 is 1.57 bits per heavy atom. The molecule has 1 unspecified atom stereocenters. The molecule has 2 amide bonds. The standard InChI is InChI=1S/C29H32Cl3N3O4S/c1-20(2)17-33-29(37)27(14-21-8-5-4-6-9-21)34(18-22-12-13-24(31)16-26(22)32)28(36)19-35(40(3,38)39)25-11-7-10-23(30)15-25/h4-13,15-16,20,27H,14,17-19H2,1-3H3,(H,33,37). The van der Waals surface area contributed by atoms with E-state index in [1.807, 2.05) is 44.2 Å². The summed E-state index contributed by atoms with van der Waals surface area (Å²) in [5.74, 6) is -0.763. The van der Waals surface area contributed by atoms with E-state index in [4.69, 9.17) is 34.8 Å². The summed E-state index contributed by atoms with van der Waals surface area (Å²) in [5, 5.41) is 3.99. The lowest BCUT2D eigenvalue weighted by Crippen LogP contribution is -2.53. The molecule has 0 aliphatic heterocycles. The first kappa shape index (κ1) is 31.7. The van der Waals surface area contributed by atoms with Crippen LogP contribution in [-0.4, -0.2) is 50.5 Å². The van der Waals surface area contributed by atoms with Crippen molar-refractivity contribution in [2.24, 2.45) is 5.92 Å². The average Bonchev–Trinajstić information content (AvgIpc) is 2.88. The number of hydrogen-bond donors (Lipinski definition) is 1. The SMILES string of the molecule is CC(C)CNC(=O)C(Cc1ccccc1)N(Cc1ccc(Cl)cc1Cl)C(=O)CN(c1cccc(Cl)c1)S(C)(=O)=O. The van der Waals surface area contributed by atoms with Gasteiger partial charge in [-0.05, 0) is 47.4 Å². The molecule has 214 valence electrons. The number of halogens is 3. The normalized spacial score (nSPS) is 12.2. The van der Waals surface area contributed by atoms with Crippen LogP contribution in [0.25, 0.3) is 0 Å². The van der Waals surface area contributed by atoms with Gasteiger partial charge in [-0.25, -0.2) is 8.42 Å². The summed E-state index contributed by atoms with van der Waals surface area (Å²) in [5.41, 5.74) is 1.63. The molecule has 0 aliphatic rings. The lowest BCUT2D eigenvalue weighted by atomic mass is 10.0. The van der Waals surface area contributed by atoms with Crippen molar-refractivity contribution < 1.29 is 18.0 Å². The van der Waals surface area contributed by atoms with Crippen molar-refractivity contribution in [3.63, 3.8) is 0 Å². The molecule has 7 nitrogen and oxygen atoms in total. The van der Waals surface area contributed by atoms with Crippen molar-refractivity contribution in [3.8, 4) is 0 Å². The summed E-state index contributed by atoms with van der Waals surface area (Å²) < 4.78 is 26.6. The Morgan fingerprint density at radius 3 is 2.17 bits per heavy atom. The van der Waals surface area contributed by atoms with Gasteiger partial charge in [0, 0.05) is 34.6 Å². The predicted octanol–water partition coefficient (Wildman–Crippen LogP) is 5.83. The molecule has 0 saturated carbocycles. The molecule has 40 heavy (non-hydrogen) atoms. The topological polar surface area (TPSA) is 86.8 Å². The Bertz CT molecular complexity index is 1440. The number of anilines is 1. The third-order valence-electron chi connectivity index (χ3n) is 6.09. The molecule has 0 aromatic heterocycles. The van der Waals surface area contributed by atoms with E-state index in [1.165, 1.54) is 11.0 Å². The molecule has 11 heteroatoms. The maximum Gasteiger partial charge on any atom is 0.244 e. The van der Waals surface area contributed by atoms with Crippen molar-refractivity contribution in [2.45, 2.75) is 32.9 Å². The fraction of sp³-hybridized carbons (Fsp3) is 0.310. The smallest absolute Gasteiger partial charge is 0.244 e. The first-order valence-electron chi connectivity index (χ1n) is 12.6. The maximum absolute atomic E-state index is 14.1. The Hall–Kier alpha value is -2.78.